The van der Waals surface area contributed by atoms with Crippen molar-refractivity contribution in [2.24, 2.45) is 17.0 Å². The van der Waals surface area contributed by atoms with Crippen LogP contribution in [-0.2, 0) is 21.8 Å². The Bertz CT molecular complexity index is 1430. The molecule has 0 aliphatic carbocycles. The minimum absolute atomic E-state index is 0.0190. The van der Waals surface area contributed by atoms with Gasteiger partial charge in [-0.25, -0.2) is 13.4 Å². The summed E-state index contributed by atoms with van der Waals surface area (Å²) >= 11 is 1.23. The highest BCUT2D eigenvalue weighted by Crippen LogP contribution is 2.36. The van der Waals surface area contributed by atoms with Crippen molar-refractivity contribution in [3.05, 3.63) is 53.1 Å². The average molecular weight is 543 g/mol. The first-order valence-corrected chi connectivity index (χ1v) is 14.6. The number of fused-ring (bicyclic) bond motifs is 1. The summed E-state index contributed by atoms with van der Waals surface area (Å²) in [5.41, 5.74) is 3.81. The fraction of sp³-hybridized carbons (Fsp3) is 0.458. The molecule has 6 heterocycles. The molecule has 0 bridgehead atoms. The number of nitrogens with zero attached hydrogens (tertiary/aromatic N) is 6. The van der Waals surface area contributed by atoms with E-state index in [-0.39, 0.29) is 6.04 Å². The number of nitrogens with one attached hydrogen (secondary N) is 2. The highest BCUT2D eigenvalue weighted by atomic mass is 32.2. The van der Waals surface area contributed by atoms with E-state index in [2.05, 4.69) is 32.9 Å². The summed E-state index contributed by atoms with van der Waals surface area (Å²) in [6.07, 6.45) is 9.14. The Hall–Kier alpha value is -2.84. The lowest BCUT2D eigenvalue weighted by Gasteiger charge is -2.29. The first-order valence-electron chi connectivity index (χ1n) is 12.4. The van der Waals surface area contributed by atoms with E-state index < -0.39 is 10.0 Å². The van der Waals surface area contributed by atoms with Crippen molar-refractivity contribution in [1.29, 1.82) is 0 Å². The van der Waals surface area contributed by atoms with Gasteiger partial charge in [-0.1, -0.05) is 6.08 Å². The molecule has 1 unspecified atom stereocenters. The van der Waals surface area contributed by atoms with Crippen molar-refractivity contribution in [2.45, 2.75) is 23.6 Å². The third-order valence-electron chi connectivity index (χ3n) is 6.82. The largest absolute Gasteiger partial charge is 0.379 e. The van der Waals surface area contributed by atoms with Gasteiger partial charge in [-0.05, 0) is 37.1 Å². The summed E-state index contributed by atoms with van der Waals surface area (Å²) in [4.78, 5) is 11.9. The molecular weight excluding hydrogens is 512 g/mol. The molecule has 1 fully saturated rings. The van der Waals surface area contributed by atoms with E-state index in [0.29, 0.717) is 53.5 Å². The van der Waals surface area contributed by atoms with Crippen molar-refractivity contribution < 1.29 is 13.2 Å². The summed E-state index contributed by atoms with van der Waals surface area (Å²) in [6, 6.07) is 1.89. The molecule has 11 nitrogen and oxygen atoms in total. The number of thiophene rings is 1. The third-order valence-corrected chi connectivity index (χ3v) is 10.5. The zero-order valence-corrected chi connectivity index (χ0v) is 22.5. The molecule has 2 aromatic rings. The lowest BCUT2D eigenvalue weighted by Crippen LogP contribution is -2.40. The Morgan fingerprint density at radius 1 is 1.27 bits per heavy atom. The highest BCUT2D eigenvalue weighted by molar-refractivity contribution is 7.91. The Morgan fingerprint density at radius 2 is 2.11 bits per heavy atom. The maximum atomic E-state index is 13.3. The molecule has 0 spiro atoms. The maximum absolute atomic E-state index is 13.3. The number of ether oxygens (including phenoxy) is 1. The number of sulfonamides is 1. The molecule has 0 saturated carbocycles. The Morgan fingerprint density at radius 3 is 2.84 bits per heavy atom. The molecule has 0 radical (unpaired) electrons. The molecule has 0 aromatic carbocycles. The van der Waals surface area contributed by atoms with Crippen LogP contribution in [-0.4, -0.2) is 85.0 Å². The number of anilines is 1. The second-order valence-electron chi connectivity index (χ2n) is 9.43. The number of aliphatic imine (C=N–C) groups is 2. The van der Waals surface area contributed by atoms with E-state index in [1.165, 1.54) is 15.6 Å². The number of aromatic nitrogens is 2. The topological polar surface area (TPSA) is 116 Å². The molecule has 6 rings (SSSR count). The zero-order valence-electron chi connectivity index (χ0n) is 20.8. The Kier molecular flexibility index (Phi) is 6.49. The van der Waals surface area contributed by atoms with Gasteiger partial charge in [-0.2, -0.15) is 9.40 Å². The van der Waals surface area contributed by atoms with Gasteiger partial charge in [0.15, 0.2) is 11.7 Å². The van der Waals surface area contributed by atoms with Crippen LogP contribution in [0.1, 0.15) is 23.6 Å². The lowest BCUT2D eigenvalue weighted by atomic mass is 10.1. The predicted octanol–water partition coefficient (Wildman–Crippen LogP) is 1.85. The van der Waals surface area contributed by atoms with Crippen LogP contribution >= 0.6 is 11.3 Å². The molecule has 1 saturated heterocycles. The van der Waals surface area contributed by atoms with E-state index in [4.69, 9.17) is 14.7 Å². The molecule has 2 N–H and O–H groups in total. The van der Waals surface area contributed by atoms with Crippen molar-refractivity contribution in [1.82, 2.24) is 24.3 Å². The minimum atomic E-state index is -3.59. The number of hydrogen-bond acceptors (Lipinski definition) is 10. The van der Waals surface area contributed by atoms with Gasteiger partial charge in [0.2, 0.25) is 0 Å². The molecule has 0 amide bonds. The average Bonchev–Trinajstić information content (AvgIpc) is 3.63. The van der Waals surface area contributed by atoms with Gasteiger partial charge < -0.3 is 20.3 Å². The van der Waals surface area contributed by atoms with Crippen LogP contribution in [0.5, 0.6) is 0 Å². The number of aryl methyl sites for hydroxylation is 2. The van der Waals surface area contributed by atoms with Crippen LogP contribution in [0.4, 0.5) is 5.00 Å². The second kappa shape index (κ2) is 9.80. The highest BCUT2D eigenvalue weighted by Gasteiger charge is 2.36. The Balaban J connectivity index is 1.32. The van der Waals surface area contributed by atoms with Gasteiger partial charge >= 0.3 is 0 Å². The number of amidine groups is 2. The van der Waals surface area contributed by atoms with E-state index in [1.54, 1.807) is 4.68 Å². The van der Waals surface area contributed by atoms with E-state index in [0.717, 1.165) is 42.2 Å². The summed E-state index contributed by atoms with van der Waals surface area (Å²) in [7, 11) is -1.68. The number of hydrogen-bond donors (Lipinski definition) is 2. The quantitative estimate of drug-likeness (QED) is 0.592. The molecule has 37 heavy (non-hydrogen) atoms. The van der Waals surface area contributed by atoms with Crippen molar-refractivity contribution >= 4 is 38.0 Å². The van der Waals surface area contributed by atoms with E-state index in [9.17, 15) is 8.42 Å². The van der Waals surface area contributed by atoms with Crippen molar-refractivity contribution in [3.8, 4) is 0 Å². The molecule has 196 valence electrons. The summed E-state index contributed by atoms with van der Waals surface area (Å²) in [6.45, 7) is 5.69. The summed E-state index contributed by atoms with van der Waals surface area (Å²) in [5.74, 6) is 1.36. The third kappa shape index (κ3) is 4.66. The SMILES string of the molecule is Cc1cc(NC2=NC(C3=CCCNC3)=CN3C2=NCC3c2cnn(C)c2)sc1S(=O)(=O)N1CCOCC1. The van der Waals surface area contributed by atoms with Gasteiger partial charge in [0.25, 0.3) is 10.0 Å². The first-order chi connectivity index (χ1) is 17.9. The summed E-state index contributed by atoms with van der Waals surface area (Å²) in [5, 5.41) is 11.9. The zero-order chi connectivity index (χ0) is 25.6. The fourth-order valence-electron chi connectivity index (χ4n) is 4.93. The summed E-state index contributed by atoms with van der Waals surface area (Å²) < 4.78 is 35.6. The van der Waals surface area contributed by atoms with E-state index in [1.807, 2.05) is 32.4 Å². The molecule has 13 heteroatoms. The molecule has 4 aliphatic rings. The van der Waals surface area contributed by atoms with Gasteiger partial charge in [-0.15, -0.1) is 11.3 Å². The van der Waals surface area contributed by atoms with Gasteiger partial charge in [0.1, 0.15) is 4.21 Å². The standard InChI is InChI=1S/C24H30N8O3S2/c1-16-10-21(36-24(16)37(33,34)31-6-8-35-9-7-31)29-22-23-26-13-20(18-12-27-30(2)14-18)32(23)15-19(28-22)17-4-3-5-25-11-17/h4,10,12,14-15,20,25H,3,5-9,11,13H2,1-2H3,(H,28,29). The van der Waals surface area contributed by atoms with E-state index >= 15 is 0 Å². The molecule has 2 aromatic heterocycles. The smallest absolute Gasteiger partial charge is 0.253 e. The molecule has 1 atom stereocenters. The van der Waals surface area contributed by atoms with Crippen LogP contribution in [0.3, 0.4) is 0 Å². The van der Waals surface area contributed by atoms with Crippen molar-refractivity contribution in [2.75, 3.05) is 51.3 Å². The monoisotopic (exact) mass is 542 g/mol. The van der Waals surface area contributed by atoms with Crippen LogP contribution < -0.4 is 10.6 Å². The number of rotatable bonds is 5. The van der Waals surface area contributed by atoms with Crippen LogP contribution in [0.15, 0.2) is 56.2 Å². The fourth-order valence-corrected chi connectivity index (χ4v) is 8.07. The normalized spacial score (nSPS) is 22.8. The van der Waals surface area contributed by atoms with Crippen molar-refractivity contribution in [3.63, 3.8) is 0 Å². The number of morpholine rings is 1. The second-order valence-corrected chi connectivity index (χ2v) is 12.6. The van der Waals surface area contributed by atoms with Crippen LogP contribution in [0.25, 0.3) is 0 Å². The van der Waals surface area contributed by atoms with Gasteiger partial charge in [0, 0.05) is 44.6 Å². The molecule has 4 aliphatic heterocycles. The minimum Gasteiger partial charge on any atom is -0.379 e. The maximum Gasteiger partial charge on any atom is 0.253 e. The lowest BCUT2D eigenvalue weighted by molar-refractivity contribution is 0.0731. The van der Waals surface area contributed by atoms with Gasteiger partial charge in [0.05, 0.1) is 42.7 Å². The Labute approximate surface area is 220 Å². The van der Waals surface area contributed by atoms with Crippen LogP contribution in [0, 0.1) is 6.92 Å². The first kappa shape index (κ1) is 24.5. The van der Waals surface area contributed by atoms with Crippen LogP contribution in [0.2, 0.25) is 0 Å². The predicted molar refractivity (Wildman–Crippen MR) is 143 cm³/mol. The van der Waals surface area contributed by atoms with Gasteiger partial charge in [-0.3, -0.25) is 9.67 Å². The molecular formula is C24H30N8O3S2.